The maximum absolute atomic E-state index is 11.8. The Hall–Kier alpha value is -1.55. The minimum Gasteiger partial charge on any atom is -0.480 e. The molecular formula is C12H14ClNO3. The monoisotopic (exact) mass is 255 g/mol. The van der Waals surface area contributed by atoms with E-state index in [1.165, 1.54) is 0 Å². The fraction of sp³-hybridized carbons (Fsp3) is 0.333. The van der Waals surface area contributed by atoms with Crippen LogP contribution in [0.3, 0.4) is 0 Å². The van der Waals surface area contributed by atoms with Gasteiger partial charge in [0.15, 0.2) is 0 Å². The topological polar surface area (TPSA) is 66.4 Å². The minimum atomic E-state index is -1.06. The van der Waals surface area contributed by atoms with Crippen molar-refractivity contribution in [1.82, 2.24) is 5.32 Å². The standard InChI is InChI=1S/C12H14ClNO3/c1-7(2)10(12(16)17)14-11(15)8-5-3-4-6-9(8)13/h3-7,10H,1-2H3,(H,14,15)(H,16,17)/t10-/m0/s1. The smallest absolute Gasteiger partial charge is 0.326 e. The number of benzene rings is 1. The van der Waals surface area contributed by atoms with E-state index in [9.17, 15) is 9.59 Å². The largest absolute Gasteiger partial charge is 0.480 e. The van der Waals surface area contributed by atoms with Crippen molar-refractivity contribution >= 4 is 23.5 Å². The summed E-state index contributed by atoms with van der Waals surface area (Å²) in [5.41, 5.74) is 0.279. The lowest BCUT2D eigenvalue weighted by molar-refractivity contribution is -0.140. The lowest BCUT2D eigenvalue weighted by Crippen LogP contribution is -2.44. The summed E-state index contributed by atoms with van der Waals surface area (Å²) in [6.07, 6.45) is 0. The van der Waals surface area contributed by atoms with Crippen molar-refractivity contribution < 1.29 is 14.7 Å². The third-order valence-electron chi connectivity index (χ3n) is 2.34. The number of carboxylic acid groups (broad SMARTS) is 1. The zero-order valence-electron chi connectivity index (χ0n) is 9.61. The van der Waals surface area contributed by atoms with E-state index in [1.807, 2.05) is 0 Å². The van der Waals surface area contributed by atoms with Gasteiger partial charge in [0.25, 0.3) is 5.91 Å². The van der Waals surface area contributed by atoms with Crippen molar-refractivity contribution in [2.75, 3.05) is 0 Å². The summed E-state index contributed by atoms with van der Waals surface area (Å²) in [4.78, 5) is 22.8. The lowest BCUT2D eigenvalue weighted by atomic mass is 10.0. The first-order valence-electron chi connectivity index (χ1n) is 5.21. The van der Waals surface area contributed by atoms with Crippen LogP contribution in [0.25, 0.3) is 0 Å². The zero-order chi connectivity index (χ0) is 13.0. The molecule has 1 atom stereocenters. The second-order valence-electron chi connectivity index (χ2n) is 4.01. The van der Waals surface area contributed by atoms with Crippen molar-refractivity contribution in [1.29, 1.82) is 0 Å². The van der Waals surface area contributed by atoms with Gasteiger partial charge >= 0.3 is 5.97 Å². The van der Waals surface area contributed by atoms with Gasteiger partial charge in [-0.2, -0.15) is 0 Å². The summed E-state index contributed by atoms with van der Waals surface area (Å²) in [6, 6.07) is 5.60. The summed E-state index contributed by atoms with van der Waals surface area (Å²) in [6.45, 7) is 3.46. The molecule has 92 valence electrons. The molecule has 0 radical (unpaired) electrons. The maximum Gasteiger partial charge on any atom is 0.326 e. The Morgan fingerprint density at radius 1 is 1.29 bits per heavy atom. The van der Waals surface area contributed by atoms with E-state index < -0.39 is 17.9 Å². The van der Waals surface area contributed by atoms with Crippen LogP contribution in [0.4, 0.5) is 0 Å². The van der Waals surface area contributed by atoms with Crippen molar-refractivity contribution in [2.45, 2.75) is 19.9 Å². The van der Waals surface area contributed by atoms with Crippen LogP contribution in [0.1, 0.15) is 24.2 Å². The molecule has 0 aliphatic heterocycles. The van der Waals surface area contributed by atoms with Gasteiger partial charge in [-0.1, -0.05) is 37.6 Å². The number of carbonyl (C=O) groups is 2. The van der Waals surface area contributed by atoms with E-state index in [-0.39, 0.29) is 11.5 Å². The maximum atomic E-state index is 11.8. The molecule has 0 aliphatic rings. The number of carbonyl (C=O) groups excluding carboxylic acids is 1. The Bertz CT molecular complexity index is 432. The van der Waals surface area contributed by atoms with Gasteiger partial charge in [0.05, 0.1) is 10.6 Å². The highest BCUT2D eigenvalue weighted by Crippen LogP contribution is 2.15. The lowest BCUT2D eigenvalue weighted by Gasteiger charge is -2.18. The van der Waals surface area contributed by atoms with Gasteiger partial charge in [-0.3, -0.25) is 4.79 Å². The van der Waals surface area contributed by atoms with Crippen LogP contribution in [0, 0.1) is 5.92 Å². The third-order valence-corrected chi connectivity index (χ3v) is 2.67. The van der Waals surface area contributed by atoms with Crippen LogP contribution in [-0.2, 0) is 4.79 Å². The number of nitrogens with one attached hydrogen (secondary N) is 1. The predicted octanol–water partition coefficient (Wildman–Crippen LogP) is 2.18. The van der Waals surface area contributed by atoms with Gasteiger partial charge < -0.3 is 10.4 Å². The van der Waals surface area contributed by atoms with Gasteiger partial charge in [0.1, 0.15) is 6.04 Å². The van der Waals surface area contributed by atoms with Gasteiger partial charge in [-0.25, -0.2) is 4.79 Å². The molecule has 0 heterocycles. The first-order valence-corrected chi connectivity index (χ1v) is 5.59. The first kappa shape index (κ1) is 13.5. The van der Waals surface area contributed by atoms with Crippen LogP contribution in [0.2, 0.25) is 5.02 Å². The fourth-order valence-electron chi connectivity index (χ4n) is 1.38. The Balaban J connectivity index is 2.85. The van der Waals surface area contributed by atoms with E-state index in [0.29, 0.717) is 5.02 Å². The van der Waals surface area contributed by atoms with Crippen molar-refractivity contribution in [3.8, 4) is 0 Å². The molecule has 0 fully saturated rings. The van der Waals surface area contributed by atoms with Crippen LogP contribution >= 0.6 is 11.6 Å². The van der Waals surface area contributed by atoms with Crippen LogP contribution < -0.4 is 5.32 Å². The van der Waals surface area contributed by atoms with Gasteiger partial charge in [-0.15, -0.1) is 0 Å². The Morgan fingerprint density at radius 3 is 2.35 bits per heavy atom. The third kappa shape index (κ3) is 3.46. The molecule has 0 saturated carbocycles. The van der Waals surface area contributed by atoms with E-state index >= 15 is 0 Å². The van der Waals surface area contributed by atoms with Crippen molar-refractivity contribution in [2.24, 2.45) is 5.92 Å². The fourth-order valence-corrected chi connectivity index (χ4v) is 1.60. The molecule has 0 saturated heterocycles. The minimum absolute atomic E-state index is 0.195. The molecule has 0 bridgehead atoms. The average molecular weight is 256 g/mol. The number of amides is 1. The quantitative estimate of drug-likeness (QED) is 0.867. The molecule has 1 aromatic carbocycles. The Kier molecular flexibility index (Phi) is 4.52. The molecule has 0 aliphatic carbocycles. The SMILES string of the molecule is CC(C)[C@H](NC(=O)c1ccccc1Cl)C(=O)O. The van der Waals surface area contributed by atoms with E-state index in [4.69, 9.17) is 16.7 Å². The van der Waals surface area contributed by atoms with Crippen LogP contribution in [0.15, 0.2) is 24.3 Å². The molecule has 0 aromatic heterocycles. The van der Waals surface area contributed by atoms with Crippen LogP contribution in [0.5, 0.6) is 0 Å². The average Bonchev–Trinajstić information content (AvgIpc) is 2.25. The Labute approximate surface area is 105 Å². The number of hydrogen-bond acceptors (Lipinski definition) is 2. The van der Waals surface area contributed by atoms with Crippen molar-refractivity contribution in [3.63, 3.8) is 0 Å². The predicted molar refractivity (Wildman–Crippen MR) is 65.2 cm³/mol. The summed E-state index contributed by atoms with van der Waals surface area (Å²) in [5.74, 6) is -1.73. The van der Waals surface area contributed by atoms with Crippen molar-refractivity contribution in [3.05, 3.63) is 34.9 Å². The Morgan fingerprint density at radius 2 is 1.88 bits per heavy atom. The van der Waals surface area contributed by atoms with E-state index in [0.717, 1.165) is 0 Å². The highest BCUT2D eigenvalue weighted by molar-refractivity contribution is 6.33. The zero-order valence-corrected chi connectivity index (χ0v) is 10.4. The van der Waals surface area contributed by atoms with E-state index in [1.54, 1.807) is 38.1 Å². The number of aliphatic carboxylic acids is 1. The van der Waals surface area contributed by atoms with Crippen LogP contribution in [-0.4, -0.2) is 23.0 Å². The molecule has 17 heavy (non-hydrogen) atoms. The van der Waals surface area contributed by atoms with Gasteiger partial charge in [0, 0.05) is 0 Å². The summed E-state index contributed by atoms with van der Waals surface area (Å²) in [7, 11) is 0. The normalized spacial score (nSPS) is 12.2. The molecule has 2 N–H and O–H groups in total. The summed E-state index contributed by atoms with van der Waals surface area (Å²) in [5, 5.41) is 11.7. The molecular weight excluding hydrogens is 242 g/mol. The number of halogens is 1. The van der Waals surface area contributed by atoms with E-state index in [2.05, 4.69) is 5.32 Å². The molecule has 1 aromatic rings. The molecule has 5 heteroatoms. The molecule has 0 spiro atoms. The van der Waals surface area contributed by atoms with Gasteiger partial charge in [0.2, 0.25) is 0 Å². The summed E-state index contributed by atoms with van der Waals surface area (Å²) < 4.78 is 0. The highest BCUT2D eigenvalue weighted by Gasteiger charge is 2.24. The highest BCUT2D eigenvalue weighted by atomic mass is 35.5. The van der Waals surface area contributed by atoms with Gasteiger partial charge in [-0.05, 0) is 18.1 Å². The molecule has 4 nitrogen and oxygen atoms in total. The second-order valence-corrected chi connectivity index (χ2v) is 4.42. The first-order chi connectivity index (χ1) is 7.93. The second kappa shape index (κ2) is 5.68. The number of hydrogen-bond donors (Lipinski definition) is 2. The number of rotatable bonds is 4. The molecule has 0 unspecified atom stereocenters. The molecule has 1 rings (SSSR count). The summed E-state index contributed by atoms with van der Waals surface area (Å²) >= 11 is 5.85. The number of carboxylic acids is 1. The molecule has 1 amide bonds.